The predicted octanol–water partition coefficient (Wildman–Crippen LogP) is 3.50. The topological polar surface area (TPSA) is 75.4 Å². The fourth-order valence-electron chi connectivity index (χ4n) is 1.92. The fourth-order valence-corrected chi connectivity index (χ4v) is 1.92. The standard InChI is InChI=1S/C14H12F2N2O3/c1-8-2-3-13(19)9(4-8)7-17-14-11(16)5-10(15)6-12(14)18(20)21/h2-6,17,19H,7H2,1H3. The number of hydrogen-bond acceptors (Lipinski definition) is 4. The highest BCUT2D eigenvalue weighted by Gasteiger charge is 2.20. The van der Waals surface area contributed by atoms with E-state index < -0.39 is 27.9 Å². The summed E-state index contributed by atoms with van der Waals surface area (Å²) in [5.74, 6) is -2.10. The Hall–Kier alpha value is -2.70. The monoisotopic (exact) mass is 294 g/mol. The molecule has 0 aliphatic heterocycles. The molecule has 5 nitrogen and oxygen atoms in total. The van der Waals surface area contributed by atoms with E-state index in [0.29, 0.717) is 17.7 Å². The van der Waals surface area contributed by atoms with Gasteiger partial charge in [0.1, 0.15) is 17.3 Å². The Balaban J connectivity index is 2.32. The van der Waals surface area contributed by atoms with Crippen LogP contribution in [-0.4, -0.2) is 10.0 Å². The lowest BCUT2D eigenvalue weighted by atomic mass is 10.1. The lowest BCUT2D eigenvalue weighted by Gasteiger charge is -2.10. The Morgan fingerprint density at radius 2 is 2.00 bits per heavy atom. The zero-order valence-electron chi connectivity index (χ0n) is 11.1. The summed E-state index contributed by atoms with van der Waals surface area (Å²) in [6.45, 7) is 1.78. The minimum Gasteiger partial charge on any atom is -0.508 e. The number of benzene rings is 2. The molecule has 0 atom stereocenters. The largest absolute Gasteiger partial charge is 0.508 e. The number of phenols is 1. The number of nitrogens with one attached hydrogen (secondary N) is 1. The van der Waals surface area contributed by atoms with Gasteiger partial charge in [0.15, 0.2) is 5.82 Å². The summed E-state index contributed by atoms with van der Waals surface area (Å²) in [5, 5.41) is 23.0. The van der Waals surface area contributed by atoms with Gasteiger partial charge >= 0.3 is 0 Å². The summed E-state index contributed by atoms with van der Waals surface area (Å²) >= 11 is 0. The number of rotatable bonds is 4. The Labute approximate surface area is 119 Å². The molecule has 0 radical (unpaired) electrons. The number of hydrogen-bond donors (Lipinski definition) is 2. The maximum Gasteiger partial charge on any atom is 0.298 e. The molecule has 21 heavy (non-hydrogen) atoms. The lowest BCUT2D eigenvalue weighted by Crippen LogP contribution is -2.06. The molecule has 0 fully saturated rings. The van der Waals surface area contributed by atoms with E-state index in [1.165, 1.54) is 6.07 Å². The molecule has 0 saturated carbocycles. The number of halogens is 2. The number of anilines is 1. The number of aromatic hydroxyl groups is 1. The molecule has 0 saturated heterocycles. The van der Waals surface area contributed by atoms with Crippen LogP contribution in [0.15, 0.2) is 30.3 Å². The second-order valence-corrected chi connectivity index (χ2v) is 4.52. The molecule has 0 aliphatic carbocycles. The molecule has 2 aromatic carbocycles. The molecule has 0 amide bonds. The van der Waals surface area contributed by atoms with Gasteiger partial charge in [-0.25, -0.2) is 8.78 Å². The van der Waals surface area contributed by atoms with Crippen LogP contribution in [-0.2, 0) is 6.54 Å². The minimum absolute atomic E-state index is 0.0155. The smallest absolute Gasteiger partial charge is 0.298 e. The number of nitrogens with zero attached hydrogens (tertiary/aromatic N) is 1. The van der Waals surface area contributed by atoms with Crippen molar-refractivity contribution in [1.29, 1.82) is 0 Å². The van der Waals surface area contributed by atoms with E-state index in [0.717, 1.165) is 5.56 Å². The van der Waals surface area contributed by atoms with Crippen LogP contribution in [0.2, 0.25) is 0 Å². The molecule has 0 aliphatic rings. The third-order valence-corrected chi connectivity index (χ3v) is 2.92. The van der Waals surface area contributed by atoms with Gasteiger partial charge in [0, 0.05) is 18.2 Å². The second kappa shape index (κ2) is 5.74. The van der Waals surface area contributed by atoms with Crippen molar-refractivity contribution in [3.05, 3.63) is 63.2 Å². The van der Waals surface area contributed by atoms with Gasteiger partial charge in [-0.05, 0) is 13.0 Å². The van der Waals surface area contributed by atoms with Gasteiger partial charge in [0.05, 0.1) is 11.0 Å². The van der Waals surface area contributed by atoms with Gasteiger partial charge < -0.3 is 10.4 Å². The summed E-state index contributed by atoms with van der Waals surface area (Å²) in [7, 11) is 0. The Bertz CT molecular complexity index is 705. The molecule has 2 rings (SSSR count). The molecule has 0 bridgehead atoms. The molecule has 0 aromatic heterocycles. The van der Waals surface area contributed by atoms with Crippen molar-refractivity contribution in [1.82, 2.24) is 0 Å². The van der Waals surface area contributed by atoms with Gasteiger partial charge in [-0.2, -0.15) is 0 Å². The van der Waals surface area contributed by atoms with Gasteiger partial charge in [0.25, 0.3) is 5.69 Å². The maximum absolute atomic E-state index is 13.7. The summed E-state index contributed by atoms with van der Waals surface area (Å²) in [6.07, 6.45) is 0. The van der Waals surface area contributed by atoms with Gasteiger partial charge in [0.2, 0.25) is 0 Å². The van der Waals surface area contributed by atoms with Crippen molar-refractivity contribution in [2.45, 2.75) is 13.5 Å². The molecule has 7 heteroatoms. The van der Waals surface area contributed by atoms with Crippen LogP contribution in [0.25, 0.3) is 0 Å². The summed E-state index contributed by atoms with van der Waals surface area (Å²) < 4.78 is 26.7. The average molecular weight is 294 g/mol. The zero-order valence-corrected chi connectivity index (χ0v) is 11.1. The molecule has 0 heterocycles. The highest BCUT2D eigenvalue weighted by Crippen LogP contribution is 2.30. The maximum atomic E-state index is 13.7. The predicted molar refractivity (Wildman–Crippen MR) is 73.2 cm³/mol. The molecule has 0 spiro atoms. The van der Waals surface area contributed by atoms with Crippen LogP contribution < -0.4 is 5.32 Å². The Morgan fingerprint density at radius 3 is 2.67 bits per heavy atom. The van der Waals surface area contributed by atoms with Crippen molar-refractivity contribution in [3.63, 3.8) is 0 Å². The van der Waals surface area contributed by atoms with E-state index in [4.69, 9.17) is 0 Å². The van der Waals surface area contributed by atoms with Crippen molar-refractivity contribution in [2.75, 3.05) is 5.32 Å². The van der Waals surface area contributed by atoms with Crippen LogP contribution in [0.5, 0.6) is 5.75 Å². The molecule has 2 N–H and O–H groups in total. The number of phenolic OH excluding ortho intramolecular Hbond substituents is 1. The van der Waals surface area contributed by atoms with Crippen molar-refractivity contribution >= 4 is 11.4 Å². The zero-order chi connectivity index (χ0) is 15.6. The number of nitro benzene ring substituents is 1. The van der Waals surface area contributed by atoms with E-state index in [2.05, 4.69) is 5.32 Å². The summed E-state index contributed by atoms with van der Waals surface area (Å²) in [6, 6.07) is 6.03. The van der Waals surface area contributed by atoms with Crippen LogP contribution >= 0.6 is 0 Å². The quantitative estimate of drug-likeness (QED) is 0.668. The van der Waals surface area contributed by atoms with E-state index >= 15 is 0 Å². The minimum atomic E-state index is -1.06. The Morgan fingerprint density at radius 1 is 1.29 bits per heavy atom. The number of aryl methyl sites for hydroxylation is 1. The van der Waals surface area contributed by atoms with E-state index in [1.807, 2.05) is 6.92 Å². The fraction of sp³-hybridized carbons (Fsp3) is 0.143. The third kappa shape index (κ3) is 3.25. The van der Waals surface area contributed by atoms with Crippen molar-refractivity contribution < 1.29 is 18.8 Å². The normalized spacial score (nSPS) is 10.4. The first-order valence-electron chi connectivity index (χ1n) is 6.04. The van der Waals surface area contributed by atoms with Gasteiger partial charge in [-0.3, -0.25) is 10.1 Å². The van der Waals surface area contributed by atoms with Gasteiger partial charge in [-0.1, -0.05) is 17.7 Å². The molecular weight excluding hydrogens is 282 g/mol. The van der Waals surface area contributed by atoms with E-state index in [-0.39, 0.29) is 12.3 Å². The first kappa shape index (κ1) is 14.7. The average Bonchev–Trinajstić information content (AvgIpc) is 2.40. The molecule has 110 valence electrons. The summed E-state index contributed by atoms with van der Waals surface area (Å²) in [5.41, 5.74) is 0.216. The van der Waals surface area contributed by atoms with E-state index in [1.54, 1.807) is 12.1 Å². The first-order valence-corrected chi connectivity index (χ1v) is 6.04. The van der Waals surface area contributed by atoms with E-state index in [9.17, 15) is 24.0 Å². The van der Waals surface area contributed by atoms with Crippen LogP contribution in [0.3, 0.4) is 0 Å². The SMILES string of the molecule is Cc1ccc(O)c(CNc2c(F)cc(F)cc2[N+](=O)[O-])c1. The van der Waals surface area contributed by atoms with Crippen LogP contribution in [0.1, 0.15) is 11.1 Å². The number of nitro groups is 1. The Kier molecular flexibility index (Phi) is 4.02. The highest BCUT2D eigenvalue weighted by atomic mass is 19.1. The van der Waals surface area contributed by atoms with Crippen molar-refractivity contribution in [2.24, 2.45) is 0 Å². The first-order chi connectivity index (χ1) is 9.88. The van der Waals surface area contributed by atoms with Crippen LogP contribution in [0, 0.1) is 28.7 Å². The lowest BCUT2D eigenvalue weighted by molar-refractivity contribution is -0.384. The second-order valence-electron chi connectivity index (χ2n) is 4.52. The molecule has 2 aromatic rings. The van der Waals surface area contributed by atoms with Crippen molar-refractivity contribution in [3.8, 4) is 5.75 Å². The summed E-state index contributed by atoms with van der Waals surface area (Å²) in [4.78, 5) is 9.97. The van der Waals surface area contributed by atoms with Crippen LogP contribution in [0.4, 0.5) is 20.2 Å². The molecule has 0 unspecified atom stereocenters. The molecular formula is C14H12F2N2O3. The van der Waals surface area contributed by atoms with Gasteiger partial charge in [-0.15, -0.1) is 0 Å². The third-order valence-electron chi connectivity index (χ3n) is 2.92. The highest BCUT2D eigenvalue weighted by molar-refractivity contribution is 5.62.